The molecule has 0 aromatic carbocycles. The average Bonchev–Trinajstić information content (AvgIpc) is 3.61. The van der Waals surface area contributed by atoms with Crippen LogP contribution in [0.15, 0.2) is 12.1 Å². The smallest absolute Gasteiger partial charge is 0.320 e. The van der Waals surface area contributed by atoms with Crippen LogP contribution in [0, 0.1) is 17.8 Å². The molecule has 1 saturated carbocycles. The number of sulfonamides is 1. The first kappa shape index (κ1) is 26.8. The van der Waals surface area contributed by atoms with E-state index >= 15 is 0 Å². The number of pyridine rings is 1. The normalized spacial score (nSPS) is 26.6. The second-order valence-electron chi connectivity index (χ2n) is 12.0. The van der Waals surface area contributed by atoms with E-state index in [4.69, 9.17) is 19.6 Å². The van der Waals surface area contributed by atoms with E-state index in [-0.39, 0.29) is 23.8 Å². The van der Waals surface area contributed by atoms with Gasteiger partial charge in [0.25, 0.3) is 5.91 Å². The number of rotatable bonds is 6. The summed E-state index contributed by atoms with van der Waals surface area (Å²) in [5.41, 5.74) is 1.59. The summed E-state index contributed by atoms with van der Waals surface area (Å²) >= 11 is 0. The summed E-state index contributed by atoms with van der Waals surface area (Å²) in [6, 6.07) is 3.70. The summed E-state index contributed by atoms with van der Waals surface area (Å²) < 4.78 is 34.8. The second kappa shape index (κ2) is 10.9. The predicted molar refractivity (Wildman–Crippen MR) is 143 cm³/mol. The molecule has 5 heterocycles. The first-order valence-corrected chi connectivity index (χ1v) is 15.9. The molecule has 1 aromatic rings. The minimum Gasteiger partial charge on any atom is -0.477 e. The zero-order valence-electron chi connectivity index (χ0n) is 22.4. The number of aromatic nitrogens is 1. The Hall–Kier alpha value is -2.44. The molecule has 4 saturated heterocycles. The molecule has 11 nitrogen and oxygen atoms in total. The van der Waals surface area contributed by atoms with Gasteiger partial charge in [-0.1, -0.05) is 0 Å². The number of hydrogen-bond donors (Lipinski definition) is 1. The van der Waals surface area contributed by atoms with Gasteiger partial charge in [-0.25, -0.2) is 23.3 Å². The number of hydrogen-bond acceptors (Lipinski definition) is 7. The number of fused-ring (bicyclic) bond motifs is 1. The maximum atomic E-state index is 13.6. The van der Waals surface area contributed by atoms with E-state index in [2.05, 4.69) is 0 Å². The van der Waals surface area contributed by atoms with Crippen molar-refractivity contribution >= 4 is 22.0 Å². The van der Waals surface area contributed by atoms with Crippen molar-refractivity contribution in [2.24, 2.45) is 22.9 Å². The molecule has 2 unspecified atom stereocenters. The highest BCUT2D eigenvalue weighted by Gasteiger charge is 2.44. The third-order valence-corrected chi connectivity index (χ3v) is 10.5. The van der Waals surface area contributed by atoms with Crippen LogP contribution in [0.1, 0.15) is 60.5 Å². The van der Waals surface area contributed by atoms with Crippen molar-refractivity contribution in [3.05, 3.63) is 23.4 Å². The summed E-state index contributed by atoms with van der Waals surface area (Å²) in [6.45, 7) is 5.42. The van der Waals surface area contributed by atoms with Gasteiger partial charge in [-0.3, -0.25) is 4.79 Å². The predicted octanol–water partition coefficient (Wildman–Crippen LogP) is 1.64. The highest BCUT2D eigenvalue weighted by molar-refractivity contribution is 7.89. The van der Waals surface area contributed by atoms with Crippen LogP contribution in [0.5, 0.6) is 5.88 Å². The Morgan fingerprint density at radius 3 is 2.18 bits per heavy atom. The highest BCUT2D eigenvalue weighted by Crippen LogP contribution is 2.40. The van der Waals surface area contributed by atoms with Gasteiger partial charge in [-0.15, -0.1) is 0 Å². The molecule has 0 radical (unpaired) electrons. The SMILES string of the molecule is NS(=O)(=O)C1CCN(C(=O)N2CC3CN(C(=O)c4cc(OCC5CCOCC5)nc(C5CC5)c4)CC3C2)CC1. The Morgan fingerprint density at radius 2 is 1.56 bits per heavy atom. The molecule has 0 bridgehead atoms. The number of likely N-dealkylation sites (tertiary alicyclic amines) is 3. The zero-order chi connectivity index (χ0) is 27.1. The van der Waals surface area contributed by atoms with Gasteiger partial charge in [0.05, 0.1) is 11.9 Å². The van der Waals surface area contributed by atoms with Crippen molar-refractivity contribution in [1.82, 2.24) is 19.7 Å². The molecule has 5 aliphatic rings. The van der Waals surface area contributed by atoms with Gasteiger partial charge in [0, 0.05) is 87.6 Å². The molecule has 5 fully saturated rings. The minimum atomic E-state index is -3.56. The van der Waals surface area contributed by atoms with Crippen molar-refractivity contribution in [2.45, 2.75) is 49.7 Å². The van der Waals surface area contributed by atoms with Gasteiger partial charge in [-0.05, 0) is 50.5 Å². The molecule has 3 amide bonds. The Morgan fingerprint density at radius 1 is 0.923 bits per heavy atom. The lowest BCUT2D eigenvalue weighted by Crippen LogP contribution is -2.49. The third kappa shape index (κ3) is 6.02. The molecular weight excluding hydrogens is 522 g/mol. The quantitative estimate of drug-likeness (QED) is 0.558. The number of ether oxygens (including phenoxy) is 2. The third-order valence-electron chi connectivity index (χ3n) is 9.09. The number of primary sulfonamides is 1. The topological polar surface area (TPSA) is 135 Å². The fourth-order valence-electron chi connectivity index (χ4n) is 6.50. The molecule has 6 rings (SSSR count). The van der Waals surface area contributed by atoms with Gasteiger partial charge in [0.15, 0.2) is 0 Å². The van der Waals surface area contributed by atoms with Crippen molar-refractivity contribution < 1.29 is 27.5 Å². The van der Waals surface area contributed by atoms with Gasteiger partial charge < -0.3 is 24.2 Å². The van der Waals surface area contributed by atoms with Crippen LogP contribution in [0.3, 0.4) is 0 Å². The summed E-state index contributed by atoms with van der Waals surface area (Å²) in [5, 5.41) is 4.72. The van der Waals surface area contributed by atoms with Crippen LogP contribution in [-0.4, -0.2) is 104 Å². The fraction of sp³-hybridized carbons (Fsp3) is 0.741. The van der Waals surface area contributed by atoms with Gasteiger partial charge in [0.2, 0.25) is 15.9 Å². The van der Waals surface area contributed by atoms with E-state index in [1.165, 1.54) is 0 Å². The van der Waals surface area contributed by atoms with Gasteiger partial charge >= 0.3 is 6.03 Å². The van der Waals surface area contributed by atoms with Gasteiger partial charge in [-0.2, -0.15) is 0 Å². The first-order chi connectivity index (χ1) is 18.7. The summed E-state index contributed by atoms with van der Waals surface area (Å²) in [6.07, 6.45) is 4.92. The van der Waals surface area contributed by atoms with Crippen LogP contribution in [-0.2, 0) is 14.8 Å². The van der Waals surface area contributed by atoms with E-state index in [1.54, 1.807) is 11.0 Å². The molecule has 12 heteroatoms. The van der Waals surface area contributed by atoms with Crippen molar-refractivity contribution in [2.75, 3.05) is 59.1 Å². The summed E-state index contributed by atoms with van der Waals surface area (Å²) in [5.74, 6) is 1.90. The Labute approximate surface area is 230 Å². The van der Waals surface area contributed by atoms with E-state index in [0.29, 0.717) is 82.0 Å². The fourth-order valence-corrected chi connectivity index (χ4v) is 7.37. The largest absolute Gasteiger partial charge is 0.477 e. The molecule has 2 N–H and O–H groups in total. The van der Waals surface area contributed by atoms with Crippen molar-refractivity contribution in [1.29, 1.82) is 0 Å². The van der Waals surface area contributed by atoms with Crippen LogP contribution in [0.25, 0.3) is 0 Å². The lowest BCUT2D eigenvalue weighted by Gasteiger charge is -2.34. The molecule has 214 valence electrons. The number of piperidine rings is 1. The highest BCUT2D eigenvalue weighted by atomic mass is 32.2. The van der Waals surface area contributed by atoms with Crippen LogP contribution in [0.4, 0.5) is 4.79 Å². The maximum absolute atomic E-state index is 13.6. The Kier molecular flexibility index (Phi) is 7.45. The number of nitrogens with two attached hydrogens (primary N) is 1. The Bertz CT molecular complexity index is 1180. The van der Waals surface area contributed by atoms with E-state index in [0.717, 1.165) is 44.6 Å². The summed E-state index contributed by atoms with van der Waals surface area (Å²) in [4.78, 5) is 36.9. The molecule has 1 aromatic heterocycles. The molecule has 1 aliphatic carbocycles. The average molecular weight is 562 g/mol. The van der Waals surface area contributed by atoms with Crippen molar-refractivity contribution in [3.63, 3.8) is 0 Å². The molecule has 0 spiro atoms. The standard InChI is InChI=1S/C27H39N5O6S/c28-39(35,36)23-3-7-30(8-4-23)27(34)32-15-21-13-31(14-22(21)16-32)26(33)20-11-24(19-1-2-19)29-25(12-20)38-17-18-5-9-37-10-6-18/h11-12,18-19,21-23H,1-10,13-17H2,(H2,28,35,36). The van der Waals surface area contributed by atoms with Gasteiger partial charge in [0.1, 0.15) is 0 Å². The molecule has 4 aliphatic heterocycles. The first-order valence-electron chi connectivity index (χ1n) is 14.3. The lowest BCUT2D eigenvalue weighted by molar-refractivity contribution is 0.0490. The molecule has 39 heavy (non-hydrogen) atoms. The number of carbonyl (C=O) groups is 2. The minimum absolute atomic E-state index is 0.00700. The van der Waals surface area contributed by atoms with Crippen molar-refractivity contribution in [3.8, 4) is 5.88 Å². The van der Waals surface area contributed by atoms with E-state index < -0.39 is 15.3 Å². The summed E-state index contributed by atoms with van der Waals surface area (Å²) in [7, 11) is -3.56. The number of amides is 3. The maximum Gasteiger partial charge on any atom is 0.320 e. The lowest BCUT2D eigenvalue weighted by atomic mass is 10.0. The Balaban J connectivity index is 1.05. The molecule has 2 atom stereocenters. The van der Waals surface area contributed by atoms with E-state index in [9.17, 15) is 18.0 Å². The zero-order valence-corrected chi connectivity index (χ0v) is 23.2. The number of nitrogens with zero attached hydrogens (tertiary/aromatic N) is 4. The van der Waals surface area contributed by atoms with Crippen LogP contribution >= 0.6 is 0 Å². The number of urea groups is 1. The second-order valence-corrected chi connectivity index (χ2v) is 13.8. The molecular formula is C27H39N5O6S. The monoisotopic (exact) mass is 561 g/mol. The van der Waals surface area contributed by atoms with Crippen LogP contribution in [0.2, 0.25) is 0 Å². The van der Waals surface area contributed by atoms with E-state index in [1.807, 2.05) is 15.9 Å². The van der Waals surface area contributed by atoms with Crippen LogP contribution < -0.4 is 9.88 Å². The number of carbonyl (C=O) groups excluding carboxylic acids is 2.